The molecule has 0 unspecified atom stereocenters. The van der Waals surface area contributed by atoms with E-state index in [2.05, 4.69) is 10.2 Å². The van der Waals surface area contributed by atoms with Crippen LogP contribution in [0.1, 0.15) is 44.9 Å². The van der Waals surface area contributed by atoms with Crippen LogP contribution in [0.25, 0.3) is 0 Å². The Balaban J connectivity index is 1.32. The predicted octanol–water partition coefficient (Wildman–Crippen LogP) is 1.86. The lowest BCUT2D eigenvalue weighted by atomic mass is 9.80. The molecular weight excluding hydrogens is 236 g/mol. The Morgan fingerprint density at radius 1 is 0.895 bits per heavy atom. The third-order valence-corrected chi connectivity index (χ3v) is 5.56. The summed E-state index contributed by atoms with van der Waals surface area (Å²) < 4.78 is 0. The van der Waals surface area contributed by atoms with Crippen LogP contribution in [0.3, 0.4) is 0 Å². The van der Waals surface area contributed by atoms with Gasteiger partial charge in [-0.15, -0.1) is 0 Å². The minimum atomic E-state index is 0.0162. The van der Waals surface area contributed by atoms with Gasteiger partial charge in [0.25, 0.3) is 0 Å². The molecular formula is C16H30N2O. The maximum atomic E-state index is 9.35. The fraction of sp³-hybridized carbons (Fsp3) is 1.00. The zero-order valence-corrected chi connectivity index (χ0v) is 12.2. The van der Waals surface area contributed by atoms with Crippen molar-refractivity contribution in [2.24, 2.45) is 17.8 Å². The Hall–Kier alpha value is -0.120. The topological polar surface area (TPSA) is 35.5 Å². The number of nitrogens with zero attached hydrogens (tertiary/aromatic N) is 1. The summed E-state index contributed by atoms with van der Waals surface area (Å²) >= 11 is 0. The highest BCUT2D eigenvalue weighted by molar-refractivity contribution is 4.83. The predicted molar refractivity (Wildman–Crippen MR) is 78.1 cm³/mol. The molecule has 1 aliphatic carbocycles. The maximum Gasteiger partial charge on any atom is 0.0546 e. The van der Waals surface area contributed by atoms with E-state index in [4.69, 9.17) is 0 Å². The maximum absolute atomic E-state index is 9.35. The van der Waals surface area contributed by atoms with E-state index in [1.807, 2.05) is 0 Å². The number of aliphatic hydroxyl groups is 1. The van der Waals surface area contributed by atoms with Gasteiger partial charge in [0.1, 0.15) is 0 Å². The van der Waals surface area contributed by atoms with Crippen molar-refractivity contribution >= 4 is 0 Å². The molecule has 3 fully saturated rings. The van der Waals surface area contributed by atoms with Gasteiger partial charge >= 0.3 is 0 Å². The highest BCUT2D eigenvalue weighted by atomic mass is 16.3. The largest absolute Gasteiger partial charge is 0.393 e. The fourth-order valence-corrected chi connectivity index (χ4v) is 4.21. The summed E-state index contributed by atoms with van der Waals surface area (Å²) in [4.78, 5) is 2.65. The molecule has 0 bridgehead atoms. The fourth-order valence-electron chi connectivity index (χ4n) is 4.21. The lowest BCUT2D eigenvalue weighted by Gasteiger charge is -2.39. The van der Waals surface area contributed by atoms with Crippen molar-refractivity contribution in [3.05, 3.63) is 0 Å². The summed E-state index contributed by atoms with van der Waals surface area (Å²) in [5, 5.41) is 12.8. The first kappa shape index (κ1) is 13.8. The van der Waals surface area contributed by atoms with Gasteiger partial charge in [-0.25, -0.2) is 0 Å². The number of hydrogen-bond donors (Lipinski definition) is 2. The second kappa shape index (κ2) is 6.55. The van der Waals surface area contributed by atoms with Crippen molar-refractivity contribution in [2.75, 3.05) is 32.7 Å². The molecule has 2 saturated heterocycles. The highest BCUT2D eigenvalue weighted by Gasteiger charge is 2.30. The van der Waals surface area contributed by atoms with Crippen LogP contribution in [0.5, 0.6) is 0 Å². The van der Waals surface area contributed by atoms with Gasteiger partial charge in [0, 0.05) is 6.54 Å². The number of likely N-dealkylation sites (tertiary alicyclic amines) is 1. The van der Waals surface area contributed by atoms with Crippen LogP contribution in [-0.2, 0) is 0 Å². The van der Waals surface area contributed by atoms with Gasteiger partial charge in [0.05, 0.1) is 6.10 Å². The zero-order chi connectivity index (χ0) is 13.1. The molecule has 0 atom stereocenters. The van der Waals surface area contributed by atoms with E-state index < -0.39 is 0 Å². The van der Waals surface area contributed by atoms with E-state index >= 15 is 0 Å². The van der Waals surface area contributed by atoms with Crippen molar-refractivity contribution in [3.8, 4) is 0 Å². The molecule has 3 heteroatoms. The summed E-state index contributed by atoms with van der Waals surface area (Å²) in [7, 11) is 0. The molecule has 0 radical (unpaired) electrons. The monoisotopic (exact) mass is 266 g/mol. The normalized spacial score (nSPS) is 35.2. The van der Waals surface area contributed by atoms with Gasteiger partial charge < -0.3 is 15.3 Å². The number of piperidine rings is 2. The minimum Gasteiger partial charge on any atom is -0.393 e. The van der Waals surface area contributed by atoms with Gasteiger partial charge in [-0.05, 0) is 88.9 Å². The first-order valence-electron chi connectivity index (χ1n) is 8.40. The molecule has 1 saturated carbocycles. The molecule has 0 amide bonds. The number of rotatable bonds is 4. The summed E-state index contributed by atoms with van der Waals surface area (Å²) in [6, 6.07) is 0. The van der Waals surface area contributed by atoms with Crippen LogP contribution in [0.15, 0.2) is 0 Å². The van der Waals surface area contributed by atoms with Gasteiger partial charge in [-0.2, -0.15) is 0 Å². The standard InChI is InChI=1S/C16H30N2O/c19-16-10-15(11-16)12-18-7-3-14(4-8-18)9-13-1-5-17-6-2-13/h13-17,19H,1-12H2/t15-,16-. The molecule has 2 N–H and O–H groups in total. The van der Waals surface area contributed by atoms with Crippen molar-refractivity contribution in [1.29, 1.82) is 0 Å². The van der Waals surface area contributed by atoms with Crippen LogP contribution >= 0.6 is 0 Å². The Morgan fingerprint density at radius 2 is 1.53 bits per heavy atom. The van der Waals surface area contributed by atoms with Crippen LogP contribution < -0.4 is 5.32 Å². The smallest absolute Gasteiger partial charge is 0.0546 e. The third kappa shape index (κ3) is 3.93. The molecule has 2 aliphatic heterocycles. The SMILES string of the molecule is O[C@H]1C[C@H](CN2CCC(CC3CCNCC3)CC2)C1. The number of hydrogen-bond acceptors (Lipinski definition) is 3. The Labute approximate surface area is 117 Å². The van der Waals surface area contributed by atoms with Crippen molar-refractivity contribution in [2.45, 2.75) is 51.0 Å². The summed E-state index contributed by atoms with van der Waals surface area (Å²) in [5.41, 5.74) is 0. The van der Waals surface area contributed by atoms with E-state index in [0.29, 0.717) is 0 Å². The Bertz CT molecular complexity index is 264. The average molecular weight is 266 g/mol. The van der Waals surface area contributed by atoms with Crippen LogP contribution in [-0.4, -0.2) is 48.8 Å². The van der Waals surface area contributed by atoms with E-state index in [0.717, 1.165) is 30.6 Å². The van der Waals surface area contributed by atoms with E-state index in [1.54, 1.807) is 0 Å². The summed E-state index contributed by atoms with van der Waals surface area (Å²) in [6.45, 7) is 6.35. The molecule has 0 spiro atoms. The van der Waals surface area contributed by atoms with E-state index in [1.165, 1.54) is 64.8 Å². The van der Waals surface area contributed by atoms with Crippen molar-refractivity contribution in [1.82, 2.24) is 10.2 Å². The molecule has 3 rings (SSSR count). The number of aliphatic hydroxyl groups excluding tert-OH is 1. The second-order valence-corrected chi connectivity index (χ2v) is 7.16. The minimum absolute atomic E-state index is 0.0162. The Morgan fingerprint density at radius 3 is 2.16 bits per heavy atom. The Kier molecular flexibility index (Phi) is 4.78. The van der Waals surface area contributed by atoms with Gasteiger partial charge in [-0.3, -0.25) is 0 Å². The van der Waals surface area contributed by atoms with Gasteiger partial charge in [0.15, 0.2) is 0 Å². The molecule has 0 aromatic rings. The summed E-state index contributed by atoms with van der Waals surface area (Å²) in [5.74, 6) is 2.78. The van der Waals surface area contributed by atoms with Crippen LogP contribution in [0.4, 0.5) is 0 Å². The third-order valence-electron chi connectivity index (χ3n) is 5.56. The van der Waals surface area contributed by atoms with Crippen LogP contribution in [0.2, 0.25) is 0 Å². The lowest BCUT2D eigenvalue weighted by molar-refractivity contribution is 0.0176. The lowest BCUT2D eigenvalue weighted by Crippen LogP contribution is -2.42. The molecule has 0 aromatic heterocycles. The van der Waals surface area contributed by atoms with E-state index in [9.17, 15) is 5.11 Å². The van der Waals surface area contributed by atoms with Crippen LogP contribution in [0, 0.1) is 17.8 Å². The molecule has 110 valence electrons. The van der Waals surface area contributed by atoms with Crippen molar-refractivity contribution < 1.29 is 5.11 Å². The first-order chi connectivity index (χ1) is 9.29. The molecule has 0 aromatic carbocycles. The quantitative estimate of drug-likeness (QED) is 0.815. The second-order valence-electron chi connectivity index (χ2n) is 7.16. The number of nitrogens with one attached hydrogen (secondary N) is 1. The van der Waals surface area contributed by atoms with E-state index in [-0.39, 0.29) is 6.10 Å². The highest BCUT2D eigenvalue weighted by Crippen LogP contribution is 2.31. The molecule has 3 nitrogen and oxygen atoms in total. The molecule has 2 heterocycles. The van der Waals surface area contributed by atoms with Gasteiger partial charge in [-0.1, -0.05) is 0 Å². The average Bonchev–Trinajstić information content (AvgIpc) is 2.40. The van der Waals surface area contributed by atoms with Crippen molar-refractivity contribution in [3.63, 3.8) is 0 Å². The zero-order valence-electron chi connectivity index (χ0n) is 12.2. The molecule has 3 aliphatic rings. The summed E-state index contributed by atoms with van der Waals surface area (Å²) in [6.07, 6.45) is 9.24. The van der Waals surface area contributed by atoms with Gasteiger partial charge in [0.2, 0.25) is 0 Å². The molecule has 19 heavy (non-hydrogen) atoms. The first-order valence-corrected chi connectivity index (χ1v) is 8.40.